The number of anilines is 2. The monoisotopic (exact) mass is 596 g/mol. The Morgan fingerprint density at radius 1 is 1.05 bits per heavy atom. The second-order valence-electron chi connectivity index (χ2n) is 11.8. The molecule has 1 aromatic carbocycles. The summed E-state index contributed by atoms with van der Waals surface area (Å²) in [7, 11) is 2.15. The molecule has 13 heteroatoms. The maximum atomic E-state index is 13.0. The SMILES string of the molecule is CN1CCN(CCCNC(=O)c2ccc3c(c2)Nc2nc(=O)n(C4CCC(NCCCNCNCN)CC4)cc2O3)CC1. The number of amides is 1. The summed E-state index contributed by atoms with van der Waals surface area (Å²) in [5.74, 6) is 1.38. The maximum absolute atomic E-state index is 13.0. The van der Waals surface area contributed by atoms with E-state index in [-0.39, 0.29) is 17.6 Å². The normalized spacial score (nSPS) is 20.5. The van der Waals surface area contributed by atoms with Crippen molar-refractivity contribution in [1.29, 1.82) is 0 Å². The van der Waals surface area contributed by atoms with Gasteiger partial charge in [0.2, 0.25) is 0 Å². The molecule has 2 aromatic rings. The van der Waals surface area contributed by atoms with Crippen LogP contribution >= 0.6 is 0 Å². The number of benzene rings is 1. The molecular weight excluding hydrogens is 548 g/mol. The Balaban J connectivity index is 1.08. The summed E-state index contributed by atoms with van der Waals surface area (Å²) < 4.78 is 7.86. The number of nitrogens with one attached hydrogen (secondary N) is 5. The van der Waals surface area contributed by atoms with Crippen molar-refractivity contribution in [2.75, 3.05) is 78.1 Å². The van der Waals surface area contributed by atoms with Crippen LogP contribution < -0.4 is 42.7 Å². The predicted molar refractivity (Wildman–Crippen MR) is 168 cm³/mol. The minimum Gasteiger partial charge on any atom is -0.450 e. The van der Waals surface area contributed by atoms with Crippen LogP contribution in [0.2, 0.25) is 0 Å². The molecule has 1 saturated carbocycles. The molecule has 3 aliphatic rings. The van der Waals surface area contributed by atoms with Crippen molar-refractivity contribution >= 4 is 17.4 Å². The molecule has 0 bridgehead atoms. The Kier molecular flexibility index (Phi) is 11.4. The van der Waals surface area contributed by atoms with Crippen molar-refractivity contribution in [3.05, 3.63) is 40.4 Å². The molecule has 13 nitrogen and oxygen atoms in total. The van der Waals surface area contributed by atoms with Gasteiger partial charge in [-0.25, -0.2) is 4.79 Å². The van der Waals surface area contributed by atoms with E-state index in [1.807, 2.05) is 0 Å². The molecule has 0 unspecified atom stereocenters. The minimum absolute atomic E-state index is 0.0969. The number of aromatic nitrogens is 2. The first-order chi connectivity index (χ1) is 21.0. The van der Waals surface area contributed by atoms with E-state index in [1.54, 1.807) is 29.0 Å². The third-order valence-electron chi connectivity index (χ3n) is 8.61. The molecule has 5 rings (SSSR count). The van der Waals surface area contributed by atoms with Gasteiger partial charge in [0, 0.05) is 63.7 Å². The van der Waals surface area contributed by atoms with Gasteiger partial charge in [-0.05, 0) is 83.4 Å². The zero-order chi connectivity index (χ0) is 30.0. The number of carbonyl (C=O) groups is 1. The second-order valence-corrected chi connectivity index (χ2v) is 11.8. The third kappa shape index (κ3) is 8.74. The van der Waals surface area contributed by atoms with Gasteiger partial charge in [0.05, 0.1) is 11.9 Å². The summed E-state index contributed by atoms with van der Waals surface area (Å²) in [4.78, 5) is 34.9. The molecular formula is C30H48N10O3. The average molecular weight is 597 g/mol. The van der Waals surface area contributed by atoms with Crippen LogP contribution in [0, 0.1) is 0 Å². The van der Waals surface area contributed by atoms with E-state index in [1.165, 1.54) is 0 Å². The van der Waals surface area contributed by atoms with Gasteiger partial charge in [0.25, 0.3) is 5.91 Å². The van der Waals surface area contributed by atoms with E-state index in [0.717, 1.165) is 91.0 Å². The number of piperazine rings is 1. The topological polar surface area (TPSA) is 154 Å². The number of likely N-dealkylation sites (N-methyl/N-ethyl adjacent to an activating group) is 1. The predicted octanol–water partition coefficient (Wildman–Crippen LogP) is 0.976. The van der Waals surface area contributed by atoms with Gasteiger partial charge in [-0.2, -0.15) is 4.98 Å². The Labute approximate surface area is 253 Å². The van der Waals surface area contributed by atoms with E-state index in [9.17, 15) is 9.59 Å². The molecule has 2 fully saturated rings. The number of carbonyl (C=O) groups excluding carboxylic acids is 1. The highest BCUT2D eigenvalue weighted by atomic mass is 16.5. The highest BCUT2D eigenvalue weighted by Gasteiger charge is 2.26. The summed E-state index contributed by atoms with van der Waals surface area (Å²) in [5.41, 5.74) is 6.29. The van der Waals surface area contributed by atoms with E-state index in [0.29, 0.717) is 47.8 Å². The summed E-state index contributed by atoms with van der Waals surface area (Å²) >= 11 is 0. The number of hydrogen-bond acceptors (Lipinski definition) is 11. The Bertz CT molecular complexity index is 1260. The molecule has 3 heterocycles. The van der Waals surface area contributed by atoms with Crippen LogP contribution in [0.1, 0.15) is 54.9 Å². The number of fused-ring (bicyclic) bond motifs is 2. The summed E-state index contributed by atoms with van der Waals surface area (Å²) in [6, 6.07) is 5.88. The first kappa shape index (κ1) is 31.4. The lowest BCUT2D eigenvalue weighted by molar-refractivity contribution is 0.0949. The lowest BCUT2D eigenvalue weighted by Crippen LogP contribution is -2.45. The number of ether oxygens (including phenoxy) is 1. The van der Waals surface area contributed by atoms with Gasteiger partial charge in [-0.1, -0.05) is 0 Å². The zero-order valence-electron chi connectivity index (χ0n) is 25.4. The van der Waals surface area contributed by atoms with Crippen molar-refractivity contribution in [1.82, 2.24) is 40.6 Å². The Morgan fingerprint density at radius 3 is 2.65 bits per heavy atom. The van der Waals surface area contributed by atoms with Crippen molar-refractivity contribution in [2.45, 2.75) is 50.6 Å². The number of hydrogen-bond donors (Lipinski definition) is 6. The number of nitrogens with zero attached hydrogens (tertiary/aromatic N) is 4. The quantitative estimate of drug-likeness (QED) is 0.117. The molecule has 1 aromatic heterocycles. The van der Waals surface area contributed by atoms with Crippen LogP contribution in [0.5, 0.6) is 11.5 Å². The lowest BCUT2D eigenvalue weighted by Gasteiger charge is -2.32. The number of nitrogens with two attached hydrogens (primary N) is 1. The lowest BCUT2D eigenvalue weighted by atomic mass is 9.91. The van der Waals surface area contributed by atoms with Crippen molar-refractivity contribution in [3.63, 3.8) is 0 Å². The van der Waals surface area contributed by atoms with Gasteiger partial charge < -0.3 is 41.5 Å². The van der Waals surface area contributed by atoms with Crippen LogP contribution in [0.3, 0.4) is 0 Å². The third-order valence-corrected chi connectivity index (χ3v) is 8.61. The first-order valence-electron chi connectivity index (χ1n) is 15.8. The summed E-state index contributed by atoms with van der Waals surface area (Å²) in [5, 5.41) is 16.2. The summed E-state index contributed by atoms with van der Waals surface area (Å²) in [6.07, 6.45) is 7.59. The highest BCUT2D eigenvalue weighted by molar-refractivity contribution is 5.96. The molecule has 1 aliphatic carbocycles. The smallest absolute Gasteiger partial charge is 0.350 e. The molecule has 1 amide bonds. The van der Waals surface area contributed by atoms with Crippen molar-refractivity contribution in [3.8, 4) is 11.5 Å². The van der Waals surface area contributed by atoms with Crippen molar-refractivity contribution in [2.24, 2.45) is 5.73 Å². The van der Waals surface area contributed by atoms with Gasteiger partial charge in [0.1, 0.15) is 0 Å². The fraction of sp³-hybridized carbons (Fsp3) is 0.633. The molecule has 0 spiro atoms. The van der Waals surface area contributed by atoms with Gasteiger partial charge in [0.15, 0.2) is 17.3 Å². The maximum Gasteiger partial charge on any atom is 0.350 e. The van der Waals surface area contributed by atoms with Gasteiger partial charge in [-0.15, -0.1) is 0 Å². The standard InChI is InChI=1S/C30H48N10O3/c1-38-14-16-39(17-15-38)13-3-12-35-29(41)22-4-9-26-25(18-22)36-28-27(43-26)19-40(30(42)37-28)24-7-5-23(6-8-24)34-11-2-10-32-21-33-20-31/h4,9,18-19,23-24,32-34H,2-3,5-8,10-17,20-21,31H2,1H3,(H,35,41)(H,36,37,42). The van der Waals surface area contributed by atoms with Crippen LogP contribution in [-0.4, -0.2) is 104 Å². The van der Waals surface area contributed by atoms with E-state index in [2.05, 4.69) is 48.4 Å². The average Bonchev–Trinajstić information content (AvgIpc) is 3.02. The fourth-order valence-corrected chi connectivity index (χ4v) is 5.99. The molecule has 0 atom stereocenters. The second kappa shape index (κ2) is 15.6. The summed E-state index contributed by atoms with van der Waals surface area (Å²) in [6.45, 7) is 9.06. The van der Waals surface area contributed by atoms with E-state index >= 15 is 0 Å². The molecule has 7 N–H and O–H groups in total. The first-order valence-corrected chi connectivity index (χ1v) is 15.8. The molecule has 0 radical (unpaired) electrons. The Morgan fingerprint density at radius 2 is 1.86 bits per heavy atom. The molecule has 1 saturated heterocycles. The van der Waals surface area contributed by atoms with Crippen LogP contribution in [0.15, 0.2) is 29.2 Å². The van der Waals surface area contributed by atoms with Crippen LogP contribution in [-0.2, 0) is 0 Å². The van der Waals surface area contributed by atoms with E-state index in [4.69, 9.17) is 10.5 Å². The van der Waals surface area contributed by atoms with Gasteiger partial charge in [-0.3, -0.25) is 14.7 Å². The van der Waals surface area contributed by atoms with E-state index < -0.39 is 0 Å². The fourth-order valence-electron chi connectivity index (χ4n) is 5.99. The largest absolute Gasteiger partial charge is 0.450 e. The molecule has 43 heavy (non-hydrogen) atoms. The highest BCUT2D eigenvalue weighted by Crippen LogP contribution is 2.41. The van der Waals surface area contributed by atoms with Crippen LogP contribution in [0.4, 0.5) is 11.5 Å². The van der Waals surface area contributed by atoms with Crippen molar-refractivity contribution < 1.29 is 9.53 Å². The molecule has 236 valence electrons. The van der Waals surface area contributed by atoms with Gasteiger partial charge >= 0.3 is 5.69 Å². The van der Waals surface area contributed by atoms with Crippen LogP contribution in [0.25, 0.3) is 0 Å². The zero-order valence-corrected chi connectivity index (χ0v) is 25.4. The number of rotatable bonds is 14. The Hall–Kier alpha value is -3.07. The minimum atomic E-state index is -0.291. The molecule has 2 aliphatic heterocycles.